The molecule has 88 valence electrons. The Morgan fingerprint density at radius 2 is 1.88 bits per heavy atom. The van der Waals surface area contributed by atoms with Crippen LogP contribution >= 0.6 is 23.2 Å². The van der Waals surface area contributed by atoms with Crippen LogP contribution in [0.25, 0.3) is 0 Å². The maximum absolute atomic E-state index is 10.7. The number of carbonyl (C=O) groups is 1. The molecule has 0 aliphatic heterocycles. The molecule has 0 amide bonds. The van der Waals surface area contributed by atoms with Crippen LogP contribution in [0, 0.1) is 0 Å². The van der Waals surface area contributed by atoms with Crippen molar-refractivity contribution < 1.29 is 9.90 Å². The minimum Gasteiger partial charge on any atom is -0.478 e. The molecule has 1 aromatic heterocycles. The van der Waals surface area contributed by atoms with E-state index >= 15 is 0 Å². The topological polar surface area (TPSA) is 42.2 Å². The molecule has 0 unspecified atom stereocenters. The third-order valence-corrected chi connectivity index (χ3v) is 3.11. The zero-order chi connectivity index (χ0) is 12.4. The molecule has 0 spiro atoms. The quantitative estimate of drug-likeness (QED) is 0.926. The van der Waals surface area contributed by atoms with Crippen LogP contribution in [0.4, 0.5) is 0 Å². The van der Waals surface area contributed by atoms with Crippen molar-refractivity contribution in [3.05, 3.63) is 57.8 Å². The molecule has 17 heavy (non-hydrogen) atoms. The zero-order valence-electron chi connectivity index (χ0n) is 8.73. The van der Waals surface area contributed by atoms with Crippen LogP contribution in [0.3, 0.4) is 0 Å². The van der Waals surface area contributed by atoms with Gasteiger partial charge in [0.15, 0.2) is 0 Å². The van der Waals surface area contributed by atoms with Crippen LogP contribution in [-0.2, 0) is 6.54 Å². The Labute approximate surface area is 108 Å². The molecule has 3 nitrogen and oxygen atoms in total. The Hall–Kier alpha value is -1.45. The summed E-state index contributed by atoms with van der Waals surface area (Å²) >= 11 is 12.1. The lowest BCUT2D eigenvalue weighted by Gasteiger charge is -2.07. The lowest BCUT2D eigenvalue weighted by molar-refractivity contribution is 0.0697. The molecule has 1 aromatic carbocycles. The van der Waals surface area contributed by atoms with Crippen LogP contribution in [-0.4, -0.2) is 15.6 Å². The third-order valence-electron chi connectivity index (χ3n) is 2.40. The van der Waals surface area contributed by atoms with Crippen molar-refractivity contribution in [3.8, 4) is 0 Å². The number of benzene rings is 1. The van der Waals surface area contributed by atoms with Crippen LogP contribution in [0.5, 0.6) is 0 Å². The van der Waals surface area contributed by atoms with Gasteiger partial charge < -0.3 is 9.67 Å². The predicted molar refractivity (Wildman–Crippen MR) is 67.0 cm³/mol. The minimum absolute atomic E-state index is 0.244. The molecule has 0 atom stereocenters. The maximum Gasteiger partial charge on any atom is 0.337 e. The second-order valence-corrected chi connectivity index (χ2v) is 4.39. The Morgan fingerprint density at radius 3 is 2.41 bits per heavy atom. The number of rotatable bonds is 3. The highest BCUT2D eigenvalue weighted by molar-refractivity contribution is 6.35. The van der Waals surface area contributed by atoms with E-state index in [1.165, 1.54) is 6.07 Å². The van der Waals surface area contributed by atoms with Crippen LogP contribution in [0.15, 0.2) is 36.7 Å². The lowest BCUT2D eigenvalue weighted by atomic mass is 10.2. The highest BCUT2D eigenvalue weighted by Crippen LogP contribution is 2.25. The lowest BCUT2D eigenvalue weighted by Crippen LogP contribution is -1.99. The fourth-order valence-electron chi connectivity index (χ4n) is 1.53. The maximum atomic E-state index is 10.7. The summed E-state index contributed by atoms with van der Waals surface area (Å²) in [5.41, 5.74) is 1.02. The van der Waals surface area contributed by atoms with Crippen molar-refractivity contribution >= 4 is 29.2 Å². The van der Waals surface area contributed by atoms with E-state index in [-0.39, 0.29) is 5.56 Å². The van der Waals surface area contributed by atoms with E-state index in [9.17, 15) is 4.79 Å². The van der Waals surface area contributed by atoms with Gasteiger partial charge in [0, 0.05) is 34.5 Å². The first-order valence-corrected chi connectivity index (χ1v) is 5.65. The monoisotopic (exact) mass is 269 g/mol. The van der Waals surface area contributed by atoms with E-state index in [0.717, 1.165) is 5.56 Å². The van der Waals surface area contributed by atoms with Gasteiger partial charge in [0.05, 0.1) is 5.56 Å². The molecule has 2 rings (SSSR count). The van der Waals surface area contributed by atoms with E-state index in [1.807, 2.05) is 0 Å². The Balaban J connectivity index is 2.28. The van der Waals surface area contributed by atoms with E-state index in [4.69, 9.17) is 28.3 Å². The molecular formula is C12H9Cl2NO2. The number of hydrogen-bond donors (Lipinski definition) is 1. The first-order chi connectivity index (χ1) is 8.08. The summed E-state index contributed by atoms with van der Waals surface area (Å²) in [4.78, 5) is 10.7. The number of aromatic carboxylic acids is 1. The van der Waals surface area contributed by atoms with Crippen LogP contribution in [0.1, 0.15) is 15.9 Å². The molecule has 0 bridgehead atoms. The molecule has 0 fully saturated rings. The molecule has 0 saturated heterocycles. The van der Waals surface area contributed by atoms with Crippen LogP contribution in [0.2, 0.25) is 10.0 Å². The van der Waals surface area contributed by atoms with E-state index < -0.39 is 5.97 Å². The van der Waals surface area contributed by atoms with E-state index in [0.29, 0.717) is 16.6 Å². The summed E-state index contributed by atoms with van der Waals surface area (Å²) in [6.45, 7) is 0.450. The number of halogens is 2. The van der Waals surface area contributed by atoms with E-state index in [1.54, 1.807) is 35.2 Å². The molecule has 0 aliphatic rings. The molecule has 2 aromatic rings. The van der Waals surface area contributed by atoms with Crippen LogP contribution < -0.4 is 0 Å². The van der Waals surface area contributed by atoms with Gasteiger partial charge in [-0.25, -0.2) is 4.79 Å². The highest BCUT2D eigenvalue weighted by Gasteiger charge is 2.08. The van der Waals surface area contributed by atoms with Gasteiger partial charge in [-0.1, -0.05) is 29.3 Å². The minimum atomic E-state index is -0.950. The zero-order valence-corrected chi connectivity index (χ0v) is 10.2. The van der Waals surface area contributed by atoms with Crippen molar-refractivity contribution in [1.82, 2.24) is 4.57 Å². The Bertz CT molecular complexity index is 543. The summed E-state index contributed by atoms with van der Waals surface area (Å²) in [5, 5.41) is 9.95. The van der Waals surface area contributed by atoms with Gasteiger partial charge in [0.1, 0.15) is 0 Å². The summed E-state index contributed by atoms with van der Waals surface area (Å²) in [6.07, 6.45) is 3.23. The van der Waals surface area contributed by atoms with Gasteiger partial charge in [-0.2, -0.15) is 0 Å². The fourth-order valence-corrected chi connectivity index (χ4v) is 2.05. The van der Waals surface area contributed by atoms with Crippen molar-refractivity contribution in [2.24, 2.45) is 0 Å². The van der Waals surface area contributed by atoms with Gasteiger partial charge in [0.25, 0.3) is 0 Å². The van der Waals surface area contributed by atoms with Crippen molar-refractivity contribution in [2.75, 3.05) is 0 Å². The summed E-state index contributed by atoms with van der Waals surface area (Å²) in [5.74, 6) is -0.950. The van der Waals surface area contributed by atoms with Crippen molar-refractivity contribution in [1.29, 1.82) is 0 Å². The van der Waals surface area contributed by atoms with Crippen molar-refractivity contribution in [3.63, 3.8) is 0 Å². The summed E-state index contributed by atoms with van der Waals surface area (Å²) in [6, 6.07) is 6.81. The normalized spacial score (nSPS) is 10.5. The highest BCUT2D eigenvalue weighted by atomic mass is 35.5. The average molecular weight is 270 g/mol. The fraction of sp³-hybridized carbons (Fsp3) is 0.0833. The third kappa shape index (κ3) is 2.62. The molecular weight excluding hydrogens is 261 g/mol. The SMILES string of the molecule is O=C(O)c1ccn(Cc2c(Cl)cccc2Cl)c1. The van der Waals surface area contributed by atoms with E-state index in [2.05, 4.69) is 0 Å². The Morgan fingerprint density at radius 1 is 1.24 bits per heavy atom. The standard InChI is InChI=1S/C12H9Cl2NO2/c13-10-2-1-3-11(14)9(10)7-15-5-4-8(6-15)12(16)17/h1-6H,7H2,(H,16,17). The number of carboxylic acid groups (broad SMARTS) is 1. The molecule has 0 radical (unpaired) electrons. The smallest absolute Gasteiger partial charge is 0.337 e. The van der Waals surface area contributed by atoms with Gasteiger partial charge in [-0.3, -0.25) is 0 Å². The summed E-state index contributed by atoms with van der Waals surface area (Å²) < 4.78 is 1.73. The number of nitrogens with zero attached hydrogens (tertiary/aromatic N) is 1. The van der Waals surface area contributed by atoms with Gasteiger partial charge >= 0.3 is 5.97 Å². The van der Waals surface area contributed by atoms with Gasteiger partial charge in [-0.05, 0) is 18.2 Å². The summed E-state index contributed by atoms with van der Waals surface area (Å²) in [7, 11) is 0. The second-order valence-electron chi connectivity index (χ2n) is 3.58. The largest absolute Gasteiger partial charge is 0.478 e. The molecule has 1 heterocycles. The van der Waals surface area contributed by atoms with Gasteiger partial charge in [0.2, 0.25) is 0 Å². The molecule has 0 aliphatic carbocycles. The van der Waals surface area contributed by atoms with Gasteiger partial charge in [-0.15, -0.1) is 0 Å². The second kappa shape index (κ2) is 4.82. The first kappa shape index (κ1) is 12.0. The molecule has 1 N–H and O–H groups in total. The first-order valence-electron chi connectivity index (χ1n) is 4.90. The molecule has 0 saturated carbocycles. The Kier molecular flexibility index (Phi) is 3.41. The van der Waals surface area contributed by atoms with Crippen molar-refractivity contribution in [2.45, 2.75) is 6.54 Å². The number of hydrogen-bond acceptors (Lipinski definition) is 1. The number of aromatic nitrogens is 1. The number of carboxylic acids is 1. The molecule has 5 heteroatoms. The average Bonchev–Trinajstić information content (AvgIpc) is 2.72. The predicted octanol–water partition coefficient (Wildman–Crippen LogP) is 3.54.